The molecule has 1 aromatic carbocycles. The molecule has 0 unspecified atom stereocenters. The van der Waals surface area contributed by atoms with E-state index in [1.54, 1.807) is 12.1 Å². The van der Waals surface area contributed by atoms with Crippen molar-refractivity contribution in [3.63, 3.8) is 0 Å². The topological polar surface area (TPSA) is 82.5 Å². The number of nitrogens with zero attached hydrogens (tertiary/aromatic N) is 2. The lowest BCUT2D eigenvalue weighted by Gasteiger charge is -2.12. The van der Waals surface area contributed by atoms with Crippen molar-refractivity contribution in [1.29, 1.82) is 0 Å². The van der Waals surface area contributed by atoms with Crippen LogP contribution in [0.3, 0.4) is 0 Å². The summed E-state index contributed by atoms with van der Waals surface area (Å²) in [7, 11) is 3.85. The minimum atomic E-state index is -1.14. The second kappa shape index (κ2) is 5.70. The highest BCUT2D eigenvalue weighted by Gasteiger charge is 2.14. The van der Waals surface area contributed by atoms with Crippen LogP contribution >= 0.6 is 11.3 Å². The van der Waals surface area contributed by atoms with Crippen molar-refractivity contribution in [1.82, 2.24) is 4.98 Å². The van der Waals surface area contributed by atoms with Gasteiger partial charge in [0.25, 0.3) is 5.91 Å². The third kappa shape index (κ3) is 3.12. The number of thiazole rings is 1. The third-order valence-corrected chi connectivity index (χ3v) is 3.40. The summed E-state index contributed by atoms with van der Waals surface area (Å²) in [5.41, 5.74) is 1.53. The largest absolute Gasteiger partial charge is 0.476 e. The van der Waals surface area contributed by atoms with Gasteiger partial charge in [-0.3, -0.25) is 4.79 Å². The Balaban J connectivity index is 2.08. The molecule has 0 aliphatic heterocycles. The van der Waals surface area contributed by atoms with Crippen molar-refractivity contribution in [3.05, 3.63) is 40.3 Å². The standard InChI is InChI=1S/C13H13N3O3S/c1-16(2)9-5-3-8(4-6-9)14-11(17)12-15-10(7-20-12)13(18)19/h3-7H,1-2H3,(H,14,17)(H,18,19). The fraction of sp³-hybridized carbons (Fsp3) is 0.154. The van der Waals surface area contributed by atoms with E-state index in [4.69, 9.17) is 5.11 Å². The van der Waals surface area contributed by atoms with Crippen molar-refractivity contribution in [3.8, 4) is 0 Å². The molecule has 0 saturated carbocycles. The molecule has 0 bridgehead atoms. The van der Waals surface area contributed by atoms with E-state index in [1.165, 1.54) is 5.38 Å². The molecule has 1 heterocycles. The number of aromatic carboxylic acids is 1. The van der Waals surface area contributed by atoms with E-state index < -0.39 is 11.9 Å². The molecule has 6 nitrogen and oxygen atoms in total. The van der Waals surface area contributed by atoms with Crippen LogP contribution in [0.4, 0.5) is 11.4 Å². The lowest BCUT2D eigenvalue weighted by molar-refractivity contribution is 0.0691. The molecular weight excluding hydrogens is 278 g/mol. The van der Waals surface area contributed by atoms with Gasteiger partial charge in [-0.25, -0.2) is 9.78 Å². The summed E-state index contributed by atoms with van der Waals surface area (Å²) >= 11 is 1.00. The van der Waals surface area contributed by atoms with Gasteiger partial charge in [0.1, 0.15) is 0 Å². The van der Waals surface area contributed by atoms with Crippen LogP contribution in [-0.4, -0.2) is 36.1 Å². The zero-order chi connectivity index (χ0) is 14.7. The molecule has 20 heavy (non-hydrogen) atoms. The molecule has 1 aromatic heterocycles. The minimum Gasteiger partial charge on any atom is -0.476 e. The molecule has 0 atom stereocenters. The average molecular weight is 291 g/mol. The van der Waals surface area contributed by atoms with Gasteiger partial charge in [-0.05, 0) is 24.3 Å². The van der Waals surface area contributed by atoms with Gasteiger partial charge in [0.15, 0.2) is 10.7 Å². The number of hydrogen-bond acceptors (Lipinski definition) is 5. The Kier molecular flexibility index (Phi) is 3.99. The smallest absolute Gasteiger partial charge is 0.355 e. The zero-order valence-corrected chi connectivity index (χ0v) is 11.8. The van der Waals surface area contributed by atoms with Crippen molar-refractivity contribution in [2.45, 2.75) is 0 Å². The number of carbonyl (C=O) groups is 2. The zero-order valence-electron chi connectivity index (χ0n) is 11.0. The van der Waals surface area contributed by atoms with Crippen LogP contribution in [0.1, 0.15) is 20.3 Å². The van der Waals surface area contributed by atoms with Gasteiger partial charge in [0.05, 0.1) is 0 Å². The van der Waals surface area contributed by atoms with E-state index >= 15 is 0 Å². The van der Waals surface area contributed by atoms with Crippen molar-refractivity contribution in [2.24, 2.45) is 0 Å². The molecular formula is C13H13N3O3S. The number of carbonyl (C=O) groups excluding carboxylic acids is 1. The number of anilines is 2. The maximum absolute atomic E-state index is 11.9. The molecule has 7 heteroatoms. The highest BCUT2D eigenvalue weighted by molar-refractivity contribution is 7.12. The number of carboxylic acids is 1. The predicted molar refractivity (Wildman–Crippen MR) is 77.8 cm³/mol. The second-order valence-corrected chi connectivity index (χ2v) is 5.10. The van der Waals surface area contributed by atoms with Crippen LogP contribution < -0.4 is 10.2 Å². The van der Waals surface area contributed by atoms with Gasteiger partial charge < -0.3 is 15.3 Å². The van der Waals surface area contributed by atoms with Crippen LogP contribution in [0, 0.1) is 0 Å². The third-order valence-electron chi connectivity index (χ3n) is 2.56. The van der Waals surface area contributed by atoms with E-state index in [-0.39, 0.29) is 10.7 Å². The first kappa shape index (κ1) is 14.0. The molecule has 104 valence electrons. The number of carboxylic acid groups (broad SMARTS) is 1. The highest BCUT2D eigenvalue weighted by Crippen LogP contribution is 2.17. The summed E-state index contributed by atoms with van der Waals surface area (Å²) in [6.07, 6.45) is 0. The number of nitrogens with one attached hydrogen (secondary N) is 1. The van der Waals surface area contributed by atoms with Gasteiger partial charge in [-0.1, -0.05) is 0 Å². The summed E-state index contributed by atoms with van der Waals surface area (Å²) < 4.78 is 0. The second-order valence-electron chi connectivity index (χ2n) is 4.24. The van der Waals surface area contributed by atoms with Gasteiger partial charge in [0, 0.05) is 30.9 Å². The number of aromatic nitrogens is 1. The van der Waals surface area contributed by atoms with Gasteiger partial charge in [-0.15, -0.1) is 11.3 Å². The molecule has 0 aliphatic carbocycles. The van der Waals surface area contributed by atoms with E-state index in [0.29, 0.717) is 5.69 Å². The van der Waals surface area contributed by atoms with Crippen LogP contribution in [0.2, 0.25) is 0 Å². The molecule has 0 radical (unpaired) electrons. The first-order valence-corrected chi connectivity index (χ1v) is 6.63. The monoisotopic (exact) mass is 291 g/mol. The summed E-state index contributed by atoms with van der Waals surface area (Å²) in [5.74, 6) is -1.56. The lowest BCUT2D eigenvalue weighted by atomic mass is 10.2. The summed E-state index contributed by atoms with van der Waals surface area (Å²) in [6, 6.07) is 7.30. The fourth-order valence-electron chi connectivity index (χ4n) is 1.50. The first-order valence-electron chi connectivity index (χ1n) is 5.75. The maximum atomic E-state index is 11.9. The Morgan fingerprint density at radius 1 is 1.25 bits per heavy atom. The quantitative estimate of drug-likeness (QED) is 0.902. The van der Waals surface area contributed by atoms with Crippen LogP contribution in [-0.2, 0) is 0 Å². The molecule has 0 fully saturated rings. The Hall–Kier alpha value is -2.41. The van der Waals surface area contributed by atoms with Crippen LogP contribution in [0.5, 0.6) is 0 Å². The number of amides is 1. The van der Waals surface area contributed by atoms with E-state index in [1.807, 2.05) is 31.1 Å². The lowest BCUT2D eigenvalue weighted by Crippen LogP contribution is -2.13. The minimum absolute atomic E-state index is 0.122. The fourth-order valence-corrected chi connectivity index (χ4v) is 2.19. The summed E-state index contributed by atoms with van der Waals surface area (Å²) in [5, 5.41) is 12.9. The predicted octanol–water partition coefficient (Wildman–Crippen LogP) is 2.16. The average Bonchev–Trinajstić information content (AvgIpc) is 2.89. The van der Waals surface area contributed by atoms with Crippen molar-refractivity contribution < 1.29 is 14.7 Å². The van der Waals surface area contributed by atoms with Crippen LogP contribution in [0.15, 0.2) is 29.6 Å². The number of benzene rings is 1. The number of rotatable bonds is 4. The van der Waals surface area contributed by atoms with Gasteiger partial charge in [0.2, 0.25) is 0 Å². The normalized spacial score (nSPS) is 10.1. The van der Waals surface area contributed by atoms with Gasteiger partial charge in [-0.2, -0.15) is 0 Å². The van der Waals surface area contributed by atoms with Crippen molar-refractivity contribution >= 4 is 34.6 Å². The Bertz CT molecular complexity index is 635. The summed E-state index contributed by atoms with van der Waals surface area (Å²) in [4.78, 5) is 28.3. The molecule has 1 amide bonds. The molecule has 2 aromatic rings. The molecule has 0 spiro atoms. The van der Waals surface area contributed by atoms with Crippen molar-refractivity contribution in [2.75, 3.05) is 24.3 Å². The van der Waals surface area contributed by atoms with E-state index in [0.717, 1.165) is 17.0 Å². The Labute approximate surface area is 119 Å². The van der Waals surface area contributed by atoms with Crippen LogP contribution in [0.25, 0.3) is 0 Å². The molecule has 0 saturated heterocycles. The molecule has 2 rings (SSSR count). The number of hydrogen-bond donors (Lipinski definition) is 2. The van der Waals surface area contributed by atoms with E-state index in [2.05, 4.69) is 10.3 Å². The first-order chi connectivity index (χ1) is 9.47. The molecule has 0 aliphatic rings. The Morgan fingerprint density at radius 2 is 1.90 bits per heavy atom. The molecule has 2 N–H and O–H groups in total. The van der Waals surface area contributed by atoms with E-state index in [9.17, 15) is 9.59 Å². The van der Waals surface area contributed by atoms with Gasteiger partial charge >= 0.3 is 5.97 Å². The summed E-state index contributed by atoms with van der Waals surface area (Å²) in [6.45, 7) is 0. The maximum Gasteiger partial charge on any atom is 0.355 e. The Morgan fingerprint density at radius 3 is 2.40 bits per heavy atom. The highest BCUT2D eigenvalue weighted by atomic mass is 32.1. The SMILES string of the molecule is CN(C)c1ccc(NC(=O)c2nc(C(=O)O)cs2)cc1.